The first kappa shape index (κ1) is 14.9. The Bertz CT molecular complexity index is 199. The van der Waals surface area contributed by atoms with Gasteiger partial charge in [-0.25, -0.2) is 0 Å². The molecular formula is C12H25NO4. The summed E-state index contributed by atoms with van der Waals surface area (Å²) in [5.74, 6) is 0. The molecule has 17 heavy (non-hydrogen) atoms. The van der Waals surface area contributed by atoms with E-state index in [0.717, 1.165) is 25.7 Å². The molecule has 4 atom stereocenters. The molecule has 0 aliphatic carbocycles. The van der Waals surface area contributed by atoms with Crippen molar-refractivity contribution in [3.05, 3.63) is 0 Å². The maximum Gasteiger partial charge on any atom is 0.0992 e. The zero-order valence-corrected chi connectivity index (χ0v) is 10.5. The summed E-state index contributed by atoms with van der Waals surface area (Å²) < 4.78 is 0. The van der Waals surface area contributed by atoms with Crippen molar-refractivity contribution in [2.75, 3.05) is 19.8 Å². The van der Waals surface area contributed by atoms with Crippen LogP contribution in [0.1, 0.15) is 32.6 Å². The van der Waals surface area contributed by atoms with Gasteiger partial charge >= 0.3 is 0 Å². The summed E-state index contributed by atoms with van der Waals surface area (Å²) in [5.41, 5.74) is 0. The van der Waals surface area contributed by atoms with Crippen molar-refractivity contribution in [3.8, 4) is 0 Å². The predicted molar refractivity (Wildman–Crippen MR) is 64.6 cm³/mol. The molecule has 1 unspecified atom stereocenters. The summed E-state index contributed by atoms with van der Waals surface area (Å²) in [6.45, 7) is 2.45. The van der Waals surface area contributed by atoms with Crippen LogP contribution in [0, 0.1) is 0 Å². The van der Waals surface area contributed by atoms with Crippen molar-refractivity contribution in [2.45, 2.75) is 56.9 Å². The molecule has 0 spiro atoms. The highest BCUT2D eigenvalue weighted by Crippen LogP contribution is 2.25. The lowest BCUT2D eigenvalue weighted by atomic mass is 10.1. The fourth-order valence-corrected chi connectivity index (χ4v) is 2.57. The molecule has 1 rings (SSSR count). The average Bonchev–Trinajstić information content (AvgIpc) is 2.57. The molecule has 0 aromatic heterocycles. The lowest BCUT2D eigenvalue weighted by molar-refractivity contribution is 0.0130. The molecular weight excluding hydrogens is 222 g/mol. The van der Waals surface area contributed by atoms with Gasteiger partial charge in [-0.15, -0.1) is 0 Å². The van der Waals surface area contributed by atoms with Crippen LogP contribution in [0.5, 0.6) is 0 Å². The van der Waals surface area contributed by atoms with Crippen LogP contribution >= 0.6 is 0 Å². The molecule has 0 amide bonds. The van der Waals surface area contributed by atoms with Gasteiger partial charge < -0.3 is 20.4 Å². The van der Waals surface area contributed by atoms with Crippen molar-refractivity contribution in [1.29, 1.82) is 0 Å². The van der Waals surface area contributed by atoms with Crippen LogP contribution in [-0.4, -0.2) is 69.4 Å². The van der Waals surface area contributed by atoms with E-state index >= 15 is 0 Å². The van der Waals surface area contributed by atoms with Crippen LogP contribution in [0.15, 0.2) is 0 Å². The summed E-state index contributed by atoms with van der Waals surface area (Å²) in [4.78, 5) is 1.84. The van der Waals surface area contributed by atoms with Crippen LogP contribution in [0.3, 0.4) is 0 Å². The number of nitrogens with zero attached hydrogens (tertiary/aromatic N) is 1. The Balaban J connectivity index is 2.52. The molecule has 5 nitrogen and oxygen atoms in total. The van der Waals surface area contributed by atoms with Gasteiger partial charge in [-0.2, -0.15) is 0 Å². The van der Waals surface area contributed by atoms with E-state index in [2.05, 4.69) is 6.92 Å². The van der Waals surface area contributed by atoms with E-state index in [1.807, 2.05) is 4.90 Å². The van der Waals surface area contributed by atoms with E-state index in [1.165, 1.54) is 0 Å². The molecule has 4 N–H and O–H groups in total. The molecule has 0 aromatic carbocycles. The van der Waals surface area contributed by atoms with Crippen LogP contribution in [0.2, 0.25) is 0 Å². The van der Waals surface area contributed by atoms with Gasteiger partial charge in [0, 0.05) is 0 Å². The molecule has 0 saturated carbocycles. The highest BCUT2D eigenvalue weighted by Gasteiger charge is 2.46. The molecule has 1 aliphatic rings. The number of aliphatic hydroxyl groups is 4. The number of hydrogen-bond donors (Lipinski definition) is 4. The Hall–Kier alpha value is -0.200. The second-order valence-electron chi connectivity index (χ2n) is 4.78. The Labute approximate surface area is 103 Å². The minimum absolute atomic E-state index is 0.192. The topological polar surface area (TPSA) is 84.2 Å². The van der Waals surface area contributed by atoms with E-state index in [1.54, 1.807) is 0 Å². The number of unbranched alkanes of at least 4 members (excludes halogenated alkanes) is 3. The Morgan fingerprint density at radius 2 is 1.41 bits per heavy atom. The molecule has 0 bridgehead atoms. The largest absolute Gasteiger partial charge is 0.395 e. The van der Waals surface area contributed by atoms with Crippen LogP contribution in [0.25, 0.3) is 0 Å². The van der Waals surface area contributed by atoms with Gasteiger partial charge in [0.1, 0.15) is 0 Å². The second-order valence-corrected chi connectivity index (χ2v) is 4.78. The van der Waals surface area contributed by atoms with E-state index in [4.69, 9.17) is 0 Å². The average molecular weight is 247 g/mol. The minimum Gasteiger partial charge on any atom is -0.395 e. The third-order valence-electron chi connectivity index (χ3n) is 3.63. The number of likely N-dealkylation sites (tertiary alicyclic amines) is 1. The lowest BCUT2D eigenvalue weighted by Gasteiger charge is -2.28. The van der Waals surface area contributed by atoms with Crippen molar-refractivity contribution in [3.63, 3.8) is 0 Å². The highest BCUT2D eigenvalue weighted by atomic mass is 16.3. The molecule has 1 heterocycles. The first-order valence-electron chi connectivity index (χ1n) is 6.51. The molecule has 5 heteroatoms. The quantitative estimate of drug-likeness (QED) is 0.448. The highest BCUT2D eigenvalue weighted by molar-refractivity contribution is 5.00. The number of hydrogen-bond acceptors (Lipinski definition) is 5. The van der Waals surface area contributed by atoms with Crippen LogP contribution in [0.4, 0.5) is 0 Å². The zero-order chi connectivity index (χ0) is 12.8. The van der Waals surface area contributed by atoms with Gasteiger partial charge in [0.15, 0.2) is 0 Å². The van der Waals surface area contributed by atoms with Gasteiger partial charge in [-0.1, -0.05) is 26.2 Å². The Kier molecular flexibility index (Phi) is 6.37. The van der Waals surface area contributed by atoms with Crippen LogP contribution < -0.4 is 0 Å². The predicted octanol–water partition coefficient (Wildman–Crippen LogP) is -0.674. The molecule has 102 valence electrons. The van der Waals surface area contributed by atoms with E-state index in [-0.39, 0.29) is 13.2 Å². The maximum absolute atomic E-state index is 9.77. The second kappa shape index (κ2) is 7.28. The summed E-state index contributed by atoms with van der Waals surface area (Å²) in [7, 11) is 0. The molecule has 1 saturated heterocycles. The third kappa shape index (κ3) is 3.39. The summed E-state index contributed by atoms with van der Waals surface area (Å²) >= 11 is 0. The fourth-order valence-electron chi connectivity index (χ4n) is 2.57. The molecule has 0 radical (unpaired) electrons. The van der Waals surface area contributed by atoms with E-state index < -0.39 is 24.3 Å². The van der Waals surface area contributed by atoms with Gasteiger partial charge in [0.25, 0.3) is 0 Å². The van der Waals surface area contributed by atoms with Gasteiger partial charge in [-0.3, -0.25) is 4.90 Å². The molecule has 0 aromatic rings. The van der Waals surface area contributed by atoms with Crippen molar-refractivity contribution in [1.82, 2.24) is 4.90 Å². The number of rotatable bonds is 7. The van der Waals surface area contributed by atoms with Crippen molar-refractivity contribution < 1.29 is 20.4 Å². The maximum atomic E-state index is 9.77. The first-order chi connectivity index (χ1) is 8.17. The van der Waals surface area contributed by atoms with Gasteiger partial charge in [0.2, 0.25) is 0 Å². The smallest absolute Gasteiger partial charge is 0.0992 e. The first-order valence-corrected chi connectivity index (χ1v) is 6.51. The number of aliphatic hydroxyl groups excluding tert-OH is 4. The van der Waals surface area contributed by atoms with E-state index in [0.29, 0.717) is 6.54 Å². The fraction of sp³-hybridized carbons (Fsp3) is 1.00. The third-order valence-corrected chi connectivity index (χ3v) is 3.63. The van der Waals surface area contributed by atoms with Gasteiger partial charge in [0.05, 0.1) is 37.5 Å². The normalized spacial score (nSPS) is 34.4. The van der Waals surface area contributed by atoms with Gasteiger partial charge in [-0.05, 0) is 13.0 Å². The standard InChI is InChI=1S/C12H25NO4/c1-2-3-4-5-6-13-9(7-14)11(16)12(17)10(13)8-15/h9-12,14-17H,2-8H2,1H3/t9-,10?,11+,12+/m1/s1. The monoisotopic (exact) mass is 247 g/mol. The van der Waals surface area contributed by atoms with E-state index in [9.17, 15) is 20.4 Å². The molecule has 1 aliphatic heterocycles. The van der Waals surface area contributed by atoms with Crippen molar-refractivity contribution >= 4 is 0 Å². The summed E-state index contributed by atoms with van der Waals surface area (Å²) in [6, 6.07) is -0.910. The Morgan fingerprint density at radius 1 is 0.882 bits per heavy atom. The lowest BCUT2D eigenvalue weighted by Crippen LogP contribution is -2.43. The summed E-state index contributed by atoms with van der Waals surface area (Å²) in [5, 5.41) is 38.0. The van der Waals surface area contributed by atoms with Crippen LogP contribution in [-0.2, 0) is 0 Å². The SMILES string of the molecule is CCCCCCN1C(CO)[C@H](O)[C@@H](O)[C@H]1CO. The Morgan fingerprint density at radius 3 is 1.82 bits per heavy atom. The molecule has 1 fully saturated rings. The van der Waals surface area contributed by atoms with Crippen molar-refractivity contribution in [2.24, 2.45) is 0 Å². The minimum atomic E-state index is -0.969. The zero-order valence-electron chi connectivity index (χ0n) is 10.5. The summed E-state index contributed by atoms with van der Waals surface area (Å²) in [6.07, 6.45) is 2.42.